The molecule has 1 amide bonds. The van der Waals surface area contributed by atoms with Gasteiger partial charge in [0.1, 0.15) is 11.6 Å². The summed E-state index contributed by atoms with van der Waals surface area (Å²) in [6.07, 6.45) is 4.32. The molecular weight excluding hydrogens is 327 g/mol. The fourth-order valence-electron chi connectivity index (χ4n) is 2.83. The summed E-state index contributed by atoms with van der Waals surface area (Å²) in [6, 6.07) is 9.45. The Morgan fingerprint density at radius 1 is 1.17 bits per heavy atom. The lowest BCUT2D eigenvalue weighted by atomic mass is 10.0. The molecule has 0 unspecified atom stereocenters. The summed E-state index contributed by atoms with van der Waals surface area (Å²) < 4.78 is 19.3. The molecule has 1 N–H and O–H groups in total. The molecule has 1 aliphatic rings. The number of hydrogen-bond donors (Lipinski definition) is 1. The second kappa shape index (κ2) is 6.20. The molecule has 0 saturated heterocycles. The number of aromatic nitrogens is 1. The highest BCUT2D eigenvalue weighted by atomic mass is 32.1. The Kier molecular flexibility index (Phi) is 3.90. The van der Waals surface area contributed by atoms with Crippen molar-refractivity contribution in [3.63, 3.8) is 0 Å². The van der Waals surface area contributed by atoms with Gasteiger partial charge in [0, 0.05) is 4.88 Å². The highest BCUT2D eigenvalue weighted by Gasteiger charge is 2.19. The van der Waals surface area contributed by atoms with Crippen molar-refractivity contribution in [2.75, 3.05) is 5.32 Å². The molecule has 0 bridgehead atoms. The molecule has 0 fully saturated rings. The first-order chi connectivity index (χ1) is 11.7. The van der Waals surface area contributed by atoms with Crippen LogP contribution in [0.2, 0.25) is 0 Å². The van der Waals surface area contributed by atoms with Gasteiger partial charge in [-0.15, -0.1) is 11.3 Å². The van der Waals surface area contributed by atoms with Crippen molar-refractivity contribution < 1.29 is 13.6 Å². The predicted molar refractivity (Wildman–Crippen MR) is 90.8 cm³/mol. The molecule has 2 heterocycles. The molecule has 0 saturated carbocycles. The van der Waals surface area contributed by atoms with E-state index in [0.29, 0.717) is 16.5 Å². The summed E-state index contributed by atoms with van der Waals surface area (Å²) in [5.74, 6) is -0.284. The maximum absolute atomic E-state index is 13.8. The first kappa shape index (κ1) is 15.1. The maximum Gasteiger partial charge on any atom is 0.293 e. The third kappa shape index (κ3) is 2.85. The molecule has 0 atom stereocenters. The molecule has 0 aliphatic heterocycles. The standard InChI is InChI=1S/C18H15FN2O2S/c19-12-6-2-1-5-11(12)14-9-10-15(23-14)17(22)21-18-20-13-7-3-4-8-16(13)24-18/h1-2,5-6,9-10H,3-4,7-8H2,(H,20,21,22). The normalized spacial score (nSPS) is 13.5. The minimum Gasteiger partial charge on any atom is -0.451 e. The van der Waals surface area contributed by atoms with E-state index in [-0.39, 0.29) is 17.5 Å². The molecule has 1 aromatic carbocycles. The lowest BCUT2D eigenvalue weighted by Crippen LogP contribution is -2.10. The molecule has 0 radical (unpaired) electrons. The number of aryl methyl sites for hydroxylation is 2. The number of carbonyl (C=O) groups excluding carboxylic acids is 1. The Labute approximate surface area is 142 Å². The summed E-state index contributed by atoms with van der Waals surface area (Å²) in [5, 5.41) is 3.37. The van der Waals surface area contributed by atoms with Gasteiger partial charge in [-0.05, 0) is 49.9 Å². The number of nitrogens with zero attached hydrogens (tertiary/aromatic N) is 1. The molecule has 6 heteroatoms. The largest absolute Gasteiger partial charge is 0.451 e. The Hall–Kier alpha value is -2.47. The van der Waals surface area contributed by atoms with Crippen molar-refractivity contribution in [3.8, 4) is 11.3 Å². The van der Waals surface area contributed by atoms with Crippen LogP contribution in [0.4, 0.5) is 9.52 Å². The second-order valence-corrected chi connectivity index (χ2v) is 6.78. The van der Waals surface area contributed by atoms with E-state index in [0.717, 1.165) is 25.0 Å². The monoisotopic (exact) mass is 342 g/mol. The van der Waals surface area contributed by atoms with Crippen LogP contribution in [-0.4, -0.2) is 10.9 Å². The molecule has 1 aliphatic carbocycles. The number of halogens is 1. The number of thiazole rings is 1. The van der Waals surface area contributed by atoms with Gasteiger partial charge in [0.25, 0.3) is 5.91 Å². The lowest BCUT2D eigenvalue weighted by Gasteiger charge is -2.06. The van der Waals surface area contributed by atoms with Crippen molar-refractivity contribution in [1.82, 2.24) is 4.98 Å². The summed E-state index contributed by atoms with van der Waals surface area (Å²) in [7, 11) is 0. The number of anilines is 1. The smallest absolute Gasteiger partial charge is 0.293 e. The number of furan rings is 1. The van der Waals surface area contributed by atoms with E-state index in [1.807, 2.05) is 0 Å². The molecule has 24 heavy (non-hydrogen) atoms. The Bertz CT molecular complexity index is 877. The van der Waals surface area contributed by atoms with Gasteiger partial charge in [0.05, 0.1) is 11.3 Å². The van der Waals surface area contributed by atoms with Crippen molar-refractivity contribution in [2.24, 2.45) is 0 Å². The Morgan fingerprint density at radius 2 is 2.00 bits per heavy atom. The lowest BCUT2D eigenvalue weighted by molar-refractivity contribution is 0.0997. The SMILES string of the molecule is O=C(Nc1nc2c(s1)CCCC2)c1ccc(-c2ccccc2F)o1. The van der Waals surface area contributed by atoms with Crippen LogP contribution in [0, 0.1) is 5.82 Å². The van der Waals surface area contributed by atoms with E-state index < -0.39 is 0 Å². The number of benzene rings is 1. The van der Waals surface area contributed by atoms with Crippen molar-refractivity contribution >= 4 is 22.4 Å². The number of carbonyl (C=O) groups is 1. The fraction of sp³-hybridized carbons (Fsp3) is 0.222. The minimum absolute atomic E-state index is 0.140. The summed E-state index contributed by atoms with van der Waals surface area (Å²) in [4.78, 5) is 18.1. The summed E-state index contributed by atoms with van der Waals surface area (Å²) in [6.45, 7) is 0. The van der Waals surface area contributed by atoms with Crippen LogP contribution in [0.1, 0.15) is 34.0 Å². The van der Waals surface area contributed by atoms with Crippen LogP contribution >= 0.6 is 11.3 Å². The molecule has 3 aromatic rings. The first-order valence-corrected chi connectivity index (χ1v) is 8.67. The minimum atomic E-state index is -0.383. The van der Waals surface area contributed by atoms with Gasteiger partial charge in [-0.3, -0.25) is 10.1 Å². The van der Waals surface area contributed by atoms with Gasteiger partial charge in [0.2, 0.25) is 0 Å². The van der Waals surface area contributed by atoms with E-state index in [9.17, 15) is 9.18 Å². The predicted octanol–water partition coefficient (Wildman–Crippen LogP) is 4.67. The van der Waals surface area contributed by atoms with Crippen LogP contribution < -0.4 is 5.32 Å². The summed E-state index contributed by atoms with van der Waals surface area (Å²) in [5.41, 5.74) is 1.43. The van der Waals surface area contributed by atoms with Gasteiger partial charge in [-0.2, -0.15) is 0 Å². The zero-order valence-electron chi connectivity index (χ0n) is 12.8. The number of hydrogen-bond acceptors (Lipinski definition) is 4. The van der Waals surface area contributed by atoms with E-state index in [2.05, 4.69) is 10.3 Å². The zero-order chi connectivity index (χ0) is 16.5. The Balaban J connectivity index is 1.53. The molecule has 2 aromatic heterocycles. The maximum atomic E-state index is 13.8. The highest BCUT2D eigenvalue weighted by molar-refractivity contribution is 7.15. The Morgan fingerprint density at radius 3 is 2.83 bits per heavy atom. The van der Waals surface area contributed by atoms with Gasteiger partial charge in [0.15, 0.2) is 10.9 Å². The van der Waals surface area contributed by atoms with Crippen LogP contribution in [-0.2, 0) is 12.8 Å². The number of amides is 1. The van der Waals surface area contributed by atoms with Crippen LogP contribution in [0.15, 0.2) is 40.8 Å². The highest BCUT2D eigenvalue weighted by Crippen LogP contribution is 2.30. The third-order valence-corrected chi connectivity index (χ3v) is 5.11. The average Bonchev–Trinajstić information content (AvgIpc) is 3.21. The molecular formula is C18H15FN2O2S. The van der Waals surface area contributed by atoms with E-state index in [1.165, 1.54) is 28.7 Å². The third-order valence-electron chi connectivity index (χ3n) is 4.04. The topological polar surface area (TPSA) is 55.1 Å². The van der Waals surface area contributed by atoms with Crippen molar-refractivity contribution in [1.29, 1.82) is 0 Å². The molecule has 4 nitrogen and oxygen atoms in total. The quantitative estimate of drug-likeness (QED) is 0.752. The van der Waals surface area contributed by atoms with Gasteiger partial charge < -0.3 is 4.42 Å². The van der Waals surface area contributed by atoms with Crippen LogP contribution in [0.3, 0.4) is 0 Å². The van der Waals surface area contributed by atoms with Crippen molar-refractivity contribution in [3.05, 3.63) is 58.5 Å². The van der Waals surface area contributed by atoms with Crippen LogP contribution in [0.25, 0.3) is 11.3 Å². The van der Waals surface area contributed by atoms with Gasteiger partial charge >= 0.3 is 0 Å². The molecule has 0 spiro atoms. The fourth-order valence-corrected chi connectivity index (χ4v) is 3.87. The van der Waals surface area contributed by atoms with E-state index in [1.54, 1.807) is 30.3 Å². The van der Waals surface area contributed by atoms with Crippen molar-refractivity contribution in [2.45, 2.75) is 25.7 Å². The van der Waals surface area contributed by atoms with Crippen LogP contribution in [0.5, 0.6) is 0 Å². The number of fused-ring (bicyclic) bond motifs is 1. The van der Waals surface area contributed by atoms with E-state index in [4.69, 9.17) is 4.42 Å². The number of nitrogens with one attached hydrogen (secondary N) is 1. The van der Waals surface area contributed by atoms with E-state index >= 15 is 0 Å². The van der Waals surface area contributed by atoms with Gasteiger partial charge in [-0.1, -0.05) is 12.1 Å². The first-order valence-electron chi connectivity index (χ1n) is 7.85. The summed E-state index contributed by atoms with van der Waals surface area (Å²) >= 11 is 1.52. The average molecular weight is 342 g/mol. The molecule has 122 valence electrons. The second-order valence-electron chi connectivity index (χ2n) is 5.69. The number of rotatable bonds is 3. The van der Waals surface area contributed by atoms with Gasteiger partial charge in [-0.25, -0.2) is 9.37 Å². The molecule has 4 rings (SSSR count). The zero-order valence-corrected chi connectivity index (χ0v) is 13.7.